The first-order valence-electron chi connectivity index (χ1n) is 33.4. The number of nitrogens with one attached hydrogen (secondary N) is 1. The second-order valence-electron chi connectivity index (χ2n) is 23.8. The number of hydrogen-bond acceptors (Lipinski definition) is 6. The molecule has 8 nitrogen and oxygen atoms in total. The third-order valence-electron chi connectivity index (χ3n) is 14.9. The Hall–Kier alpha value is -2.32. The largest absolute Gasteiger partial charge is 0.756 e. The minimum Gasteiger partial charge on any atom is -0.756 e. The summed E-state index contributed by atoms with van der Waals surface area (Å²) in [6.07, 6.45) is 85.4. The first-order valence-corrected chi connectivity index (χ1v) is 34.9. The minimum absolute atomic E-state index is 0.00227. The molecule has 0 heterocycles. The fraction of sp³-hybridized carbons (Fsp3) is 0.786. The van der Waals surface area contributed by atoms with E-state index in [9.17, 15) is 19.4 Å². The van der Waals surface area contributed by atoms with Crippen molar-refractivity contribution in [1.82, 2.24) is 5.32 Å². The molecule has 0 aliphatic carbocycles. The molecule has 2 N–H and O–H groups in total. The molecule has 0 radical (unpaired) electrons. The average molecular weight is 1130 g/mol. The van der Waals surface area contributed by atoms with Gasteiger partial charge in [0.1, 0.15) is 13.2 Å². The number of carbonyl (C=O) groups is 1. The standard InChI is InChI=1S/C70H129N2O6P/c1-6-8-10-12-14-16-18-20-22-24-26-28-30-31-32-33-34-35-36-37-38-39-40-41-42-44-46-48-50-52-54-56-58-60-62-64-70(74)71-68(67-78-79(75,76)77-66-65-72(3,4)5)69(73)63-61-59-57-55-53-51-49-47-45-43-29-27-25-23-21-19-17-15-13-11-9-7-2/h8,10,14,16,20,22,26,28,31-32,34-35,61,63,68-69,73H,6-7,9,11-13,15,17-19,21,23-25,27,29-30,33,36-60,62,64-67H2,1-5H3,(H-,71,74,75,76)/b10-8-,16-14-,22-20-,28-26-,32-31-,35-34-,63-61+. The Bertz CT molecular complexity index is 1560. The minimum atomic E-state index is -4.60. The van der Waals surface area contributed by atoms with Gasteiger partial charge in [-0.15, -0.1) is 0 Å². The van der Waals surface area contributed by atoms with E-state index in [0.717, 1.165) is 77.0 Å². The Balaban J connectivity index is 4.07. The maximum absolute atomic E-state index is 13.0. The molecule has 0 saturated heterocycles. The summed E-state index contributed by atoms with van der Waals surface area (Å²) in [5, 5.41) is 13.9. The van der Waals surface area contributed by atoms with Crippen LogP contribution >= 0.6 is 7.82 Å². The van der Waals surface area contributed by atoms with E-state index in [1.165, 1.54) is 205 Å². The molecule has 0 spiro atoms. The summed E-state index contributed by atoms with van der Waals surface area (Å²) in [5.74, 6) is -0.196. The van der Waals surface area contributed by atoms with Crippen LogP contribution in [-0.4, -0.2) is 68.5 Å². The smallest absolute Gasteiger partial charge is 0.268 e. The monoisotopic (exact) mass is 1120 g/mol. The second-order valence-corrected chi connectivity index (χ2v) is 25.2. The molecule has 1 amide bonds. The summed E-state index contributed by atoms with van der Waals surface area (Å²) in [4.78, 5) is 25.6. The lowest BCUT2D eigenvalue weighted by Gasteiger charge is -2.29. The quantitative estimate of drug-likeness (QED) is 0.0272. The lowest BCUT2D eigenvalue weighted by Crippen LogP contribution is -2.45. The Morgan fingerprint density at radius 1 is 0.456 bits per heavy atom. The van der Waals surface area contributed by atoms with Gasteiger partial charge in [-0.1, -0.05) is 311 Å². The van der Waals surface area contributed by atoms with Crippen LogP contribution in [0.5, 0.6) is 0 Å². The molecule has 79 heavy (non-hydrogen) atoms. The van der Waals surface area contributed by atoms with E-state index in [0.29, 0.717) is 17.4 Å². The van der Waals surface area contributed by atoms with Gasteiger partial charge in [-0.05, 0) is 70.6 Å². The van der Waals surface area contributed by atoms with Gasteiger partial charge in [-0.25, -0.2) is 0 Å². The summed E-state index contributed by atoms with van der Waals surface area (Å²) in [5.41, 5.74) is 0. The Morgan fingerprint density at radius 2 is 0.772 bits per heavy atom. The number of carbonyl (C=O) groups excluding carboxylic acids is 1. The summed E-state index contributed by atoms with van der Waals surface area (Å²) in [6, 6.07) is -0.891. The van der Waals surface area contributed by atoms with Crippen LogP contribution in [0.3, 0.4) is 0 Å². The van der Waals surface area contributed by atoms with Crippen LogP contribution in [0.4, 0.5) is 0 Å². The van der Waals surface area contributed by atoms with Crippen molar-refractivity contribution in [3.05, 3.63) is 85.1 Å². The predicted molar refractivity (Wildman–Crippen MR) is 343 cm³/mol. The van der Waals surface area contributed by atoms with E-state index in [1.54, 1.807) is 6.08 Å². The van der Waals surface area contributed by atoms with Gasteiger partial charge in [0.2, 0.25) is 5.91 Å². The van der Waals surface area contributed by atoms with Gasteiger partial charge in [0, 0.05) is 6.42 Å². The van der Waals surface area contributed by atoms with E-state index in [2.05, 4.69) is 92.1 Å². The molecule has 0 fully saturated rings. The highest BCUT2D eigenvalue weighted by molar-refractivity contribution is 7.45. The Labute approximate surface area is 490 Å². The second kappa shape index (κ2) is 60.3. The van der Waals surface area contributed by atoms with Crippen LogP contribution in [0.1, 0.15) is 303 Å². The zero-order valence-electron chi connectivity index (χ0n) is 52.6. The molecule has 0 aromatic heterocycles. The fourth-order valence-electron chi connectivity index (χ4n) is 9.69. The SMILES string of the molecule is CC/C=C\C/C=C\C/C=C\C/C=C\C/C=C\C/C=C\CCCCCCCCCCCCCCCCCCC(=O)NC(COP(=O)([O-])OCC[N+](C)(C)C)C(O)/C=C/CCCCCCCCCCCCCCCCCCCCCC. The van der Waals surface area contributed by atoms with Crippen molar-refractivity contribution in [3.8, 4) is 0 Å². The van der Waals surface area contributed by atoms with Crippen molar-refractivity contribution in [2.45, 2.75) is 315 Å². The van der Waals surface area contributed by atoms with E-state index in [-0.39, 0.29) is 19.1 Å². The van der Waals surface area contributed by atoms with Gasteiger partial charge in [-0.2, -0.15) is 0 Å². The Morgan fingerprint density at radius 3 is 1.13 bits per heavy atom. The predicted octanol–water partition coefficient (Wildman–Crippen LogP) is 20.5. The molecule has 0 aromatic rings. The summed E-state index contributed by atoms with van der Waals surface area (Å²) in [7, 11) is 1.27. The molecular weight excluding hydrogens is 996 g/mol. The molecule has 0 bridgehead atoms. The van der Waals surface area contributed by atoms with Gasteiger partial charge < -0.3 is 28.8 Å². The highest BCUT2D eigenvalue weighted by atomic mass is 31.2. The number of hydrogen-bond donors (Lipinski definition) is 2. The van der Waals surface area contributed by atoms with Crippen molar-refractivity contribution >= 4 is 13.7 Å². The number of nitrogens with zero attached hydrogens (tertiary/aromatic N) is 1. The third-order valence-corrected chi connectivity index (χ3v) is 15.8. The van der Waals surface area contributed by atoms with Crippen molar-refractivity contribution < 1.29 is 32.9 Å². The topological polar surface area (TPSA) is 108 Å². The van der Waals surface area contributed by atoms with Crippen molar-refractivity contribution in [1.29, 1.82) is 0 Å². The third kappa shape index (κ3) is 63.1. The first kappa shape index (κ1) is 76.7. The Kier molecular flexibility index (Phi) is 58.5. The highest BCUT2D eigenvalue weighted by Gasteiger charge is 2.23. The lowest BCUT2D eigenvalue weighted by atomic mass is 10.0. The highest BCUT2D eigenvalue weighted by Crippen LogP contribution is 2.38. The van der Waals surface area contributed by atoms with E-state index in [1.807, 2.05) is 27.2 Å². The number of aliphatic hydroxyl groups is 1. The molecule has 0 aromatic carbocycles. The van der Waals surface area contributed by atoms with Gasteiger partial charge in [-0.3, -0.25) is 9.36 Å². The summed E-state index contributed by atoms with van der Waals surface area (Å²) < 4.78 is 23.4. The number of rotatable bonds is 61. The number of aliphatic hydroxyl groups excluding tert-OH is 1. The lowest BCUT2D eigenvalue weighted by molar-refractivity contribution is -0.870. The number of unbranched alkanes of at least 4 members (excludes halogenated alkanes) is 36. The van der Waals surface area contributed by atoms with E-state index in [4.69, 9.17) is 9.05 Å². The molecule has 0 saturated carbocycles. The van der Waals surface area contributed by atoms with E-state index < -0.39 is 20.0 Å². The average Bonchev–Trinajstić information content (AvgIpc) is 3.42. The number of phosphoric acid groups is 1. The first-order chi connectivity index (χ1) is 38.5. The van der Waals surface area contributed by atoms with Crippen molar-refractivity contribution in [3.63, 3.8) is 0 Å². The van der Waals surface area contributed by atoms with Crippen LogP contribution in [-0.2, 0) is 18.4 Å². The summed E-state index contributed by atoms with van der Waals surface area (Å²) in [6.45, 7) is 4.57. The zero-order chi connectivity index (χ0) is 57.7. The van der Waals surface area contributed by atoms with Crippen LogP contribution in [0.25, 0.3) is 0 Å². The number of phosphoric ester groups is 1. The molecule has 460 valence electrons. The summed E-state index contributed by atoms with van der Waals surface area (Å²) >= 11 is 0. The van der Waals surface area contributed by atoms with Gasteiger partial charge in [0.15, 0.2) is 0 Å². The number of quaternary nitrogens is 1. The van der Waals surface area contributed by atoms with Gasteiger partial charge in [0.25, 0.3) is 7.82 Å². The molecule has 3 atom stereocenters. The van der Waals surface area contributed by atoms with Crippen LogP contribution < -0.4 is 10.2 Å². The van der Waals surface area contributed by atoms with Gasteiger partial charge in [0.05, 0.1) is 39.9 Å². The molecule has 3 unspecified atom stereocenters. The maximum atomic E-state index is 13.0. The van der Waals surface area contributed by atoms with Crippen LogP contribution in [0.2, 0.25) is 0 Å². The molecular formula is C70H129N2O6P. The van der Waals surface area contributed by atoms with Crippen molar-refractivity contribution in [2.75, 3.05) is 40.9 Å². The number of allylic oxidation sites excluding steroid dienone is 13. The van der Waals surface area contributed by atoms with Gasteiger partial charge >= 0.3 is 0 Å². The number of amides is 1. The van der Waals surface area contributed by atoms with Crippen LogP contribution in [0, 0.1) is 0 Å². The van der Waals surface area contributed by atoms with E-state index >= 15 is 0 Å². The zero-order valence-corrected chi connectivity index (χ0v) is 53.5. The molecule has 9 heteroatoms. The van der Waals surface area contributed by atoms with Crippen LogP contribution in [0.15, 0.2) is 85.1 Å². The maximum Gasteiger partial charge on any atom is 0.268 e. The normalized spacial score (nSPS) is 14.3. The number of likely N-dealkylation sites (N-methyl/N-ethyl adjacent to an activating group) is 1. The fourth-order valence-corrected chi connectivity index (χ4v) is 10.4. The molecule has 0 aliphatic heterocycles. The molecule has 0 rings (SSSR count). The van der Waals surface area contributed by atoms with Crippen molar-refractivity contribution in [2.24, 2.45) is 0 Å². The molecule has 0 aliphatic rings.